The highest BCUT2D eigenvalue weighted by Gasteiger charge is 1.78. The van der Waals surface area contributed by atoms with E-state index < -0.39 is 0 Å². The van der Waals surface area contributed by atoms with Gasteiger partial charge in [-0.15, -0.1) is 0 Å². The van der Waals surface area contributed by atoms with Crippen LogP contribution in [-0.4, -0.2) is 20.3 Å². The molecule has 4 N–H and O–H groups in total. The molecule has 0 aromatic carbocycles. The van der Waals surface area contributed by atoms with Crippen molar-refractivity contribution in [3.63, 3.8) is 0 Å². The summed E-state index contributed by atoms with van der Waals surface area (Å²) in [6.45, 7) is 1.88. The van der Waals surface area contributed by atoms with Gasteiger partial charge in [-0.3, -0.25) is 10.2 Å². The molecule has 0 fully saturated rings. The minimum absolute atomic E-state index is 0.940. The van der Waals surface area contributed by atoms with Gasteiger partial charge < -0.3 is 0 Å². The van der Waals surface area contributed by atoms with E-state index in [9.17, 15) is 0 Å². The molecule has 6 nitrogen and oxygen atoms in total. The molecule has 0 unspecified atom stereocenters. The monoisotopic (exact) mass is 128 g/mol. The third kappa shape index (κ3) is 1.21. The quantitative estimate of drug-likeness (QED) is 0.401. The fourth-order valence-electron chi connectivity index (χ4n) is 0.421. The number of hydrogen-bond acceptors (Lipinski definition) is 2. The van der Waals surface area contributed by atoms with Crippen LogP contribution >= 0.6 is 0 Å². The average molecular weight is 128 g/mol. The molecule has 0 aliphatic heterocycles. The highest BCUT2D eigenvalue weighted by atomic mass is 15.7. The topological polar surface area (TPSA) is 88.5 Å². The first kappa shape index (κ1) is 5.67. The summed E-state index contributed by atoms with van der Waals surface area (Å²) in [7, 11) is 0. The second-order valence-corrected chi connectivity index (χ2v) is 1.61. The first-order valence-corrected chi connectivity index (χ1v) is 2.45. The maximum absolute atomic E-state index is 6.52. The molecule has 6 heteroatoms. The molecule has 0 saturated heterocycles. The van der Waals surface area contributed by atoms with Crippen molar-refractivity contribution >= 4 is 0 Å². The second-order valence-electron chi connectivity index (χ2n) is 1.61. The van der Waals surface area contributed by atoms with Gasteiger partial charge >= 0.3 is 0 Å². The van der Waals surface area contributed by atoms with E-state index in [1.807, 2.05) is 6.92 Å². The third-order valence-electron chi connectivity index (χ3n) is 0.862. The van der Waals surface area contributed by atoms with E-state index in [4.69, 9.17) is 5.53 Å². The molecule has 1 rings (SSSR count). The lowest BCUT2D eigenvalue weighted by Gasteiger charge is -1.97. The summed E-state index contributed by atoms with van der Waals surface area (Å²) in [5.41, 5.74) is 7.46. The van der Waals surface area contributed by atoms with Crippen molar-refractivity contribution < 1.29 is 0 Å². The maximum Gasteiger partial charge on any atom is 0.0476 e. The van der Waals surface area contributed by atoms with Gasteiger partial charge in [0.15, 0.2) is 0 Å². The normalized spacial score (nSPS) is 9.00. The Morgan fingerprint density at radius 2 is 2.56 bits per heavy atom. The van der Waals surface area contributed by atoms with Crippen LogP contribution < -0.4 is 0 Å². The highest BCUT2D eigenvalue weighted by Crippen LogP contribution is 1.80. The molecule has 1 heterocycles. The first-order chi connectivity index (χ1) is 4.33. The summed E-state index contributed by atoms with van der Waals surface area (Å²) in [4.78, 5) is 1.13. The van der Waals surface area contributed by atoms with Gasteiger partial charge in [0, 0.05) is 11.9 Å². The zero-order chi connectivity index (χ0) is 6.69. The van der Waals surface area contributed by atoms with E-state index in [2.05, 4.69) is 20.6 Å². The van der Waals surface area contributed by atoms with Crippen LogP contribution in [0.1, 0.15) is 5.69 Å². The summed E-state index contributed by atoms with van der Waals surface area (Å²) >= 11 is 0. The molecule has 1 aromatic heterocycles. The fourth-order valence-corrected chi connectivity index (χ4v) is 0.421. The largest absolute Gasteiger partial charge is 0.287 e. The minimum atomic E-state index is 0.940. The number of hydrogen-bond donors (Lipinski definition) is 4. The van der Waals surface area contributed by atoms with Crippen LogP contribution in [-0.2, 0) is 0 Å². The molecule has 0 bridgehead atoms. The summed E-state index contributed by atoms with van der Waals surface area (Å²) in [6.07, 6.45) is 1.69. The van der Waals surface area contributed by atoms with Crippen LogP contribution in [0, 0.1) is 12.5 Å². The summed E-state index contributed by atoms with van der Waals surface area (Å²) in [5, 5.41) is 11.0. The van der Waals surface area contributed by atoms with Gasteiger partial charge in [0.25, 0.3) is 0 Å². The Kier molecular flexibility index (Phi) is 1.39. The van der Waals surface area contributed by atoms with Crippen molar-refractivity contribution in [1.29, 1.82) is 5.53 Å². The van der Waals surface area contributed by atoms with Crippen LogP contribution in [0.5, 0.6) is 0 Å². The molecular formula is C3H8N6. The Bertz CT molecular complexity index is 202. The summed E-state index contributed by atoms with van der Waals surface area (Å²) in [6, 6.07) is 0. The molecule has 0 aliphatic rings. The Balaban J connectivity index is 3.01. The lowest BCUT2D eigenvalue weighted by Crippen LogP contribution is -2.03. The van der Waals surface area contributed by atoms with Gasteiger partial charge in [0.05, 0.1) is 0 Å². The van der Waals surface area contributed by atoms with Crippen molar-refractivity contribution in [1.82, 2.24) is 20.3 Å². The Hall–Kier alpha value is -1.46. The van der Waals surface area contributed by atoms with Crippen molar-refractivity contribution in [2.75, 3.05) is 0 Å². The van der Waals surface area contributed by atoms with Gasteiger partial charge in [-0.05, 0) is 12.1 Å². The molecule has 0 amide bonds. The second kappa shape index (κ2) is 2.21. The minimum Gasteiger partial charge on any atom is -0.287 e. The molecule has 0 spiro atoms. The van der Waals surface area contributed by atoms with Crippen molar-refractivity contribution in [3.05, 3.63) is 11.9 Å². The van der Waals surface area contributed by atoms with Crippen LogP contribution in [0.15, 0.2) is 11.4 Å². The Morgan fingerprint density at radius 3 is 3.00 bits per heavy atom. The Morgan fingerprint density at radius 1 is 1.78 bits per heavy atom. The lowest BCUT2D eigenvalue weighted by molar-refractivity contribution is 0.503. The summed E-state index contributed by atoms with van der Waals surface area (Å²) in [5.74, 6) is 0. The first-order valence-electron chi connectivity index (χ1n) is 2.45. The molecule has 0 saturated carbocycles. The van der Waals surface area contributed by atoms with Crippen LogP contribution in [0.4, 0.5) is 0 Å². The van der Waals surface area contributed by atoms with E-state index in [0.717, 1.165) is 10.6 Å². The number of rotatable bonds is 1. The van der Waals surface area contributed by atoms with Crippen molar-refractivity contribution in [2.45, 2.75) is 6.92 Å². The fraction of sp³-hybridized carbons (Fsp3) is 0.333. The molecule has 0 radical (unpaired) electrons. The van der Waals surface area contributed by atoms with Crippen LogP contribution in [0.25, 0.3) is 0 Å². The zero-order valence-electron chi connectivity index (χ0n) is 4.97. The standard InChI is InChI=1S/C3H8N6/c1-3-2-5-9(7-4)8-6-3/h2,4-6,8H,1H3. The lowest BCUT2D eigenvalue weighted by atomic mass is 10.6. The number of aromatic nitrogens is 4. The van der Waals surface area contributed by atoms with Crippen LogP contribution in [0.3, 0.4) is 0 Å². The Labute approximate surface area is 51.0 Å². The maximum atomic E-state index is 6.52. The number of H-pyrrole nitrogens is 3. The van der Waals surface area contributed by atoms with Gasteiger partial charge in [-0.2, -0.15) is 5.53 Å². The van der Waals surface area contributed by atoms with Gasteiger partial charge in [-0.1, -0.05) is 4.91 Å². The number of aromatic amines is 3. The molecular weight excluding hydrogens is 120 g/mol. The molecule has 50 valence electrons. The van der Waals surface area contributed by atoms with Gasteiger partial charge in [-0.25, -0.2) is 5.21 Å². The highest BCUT2D eigenvalue weighted by molar-refractivity contribution is 4.82. The average Bonchev–Trinajstić information content (AvgIpc) is 1.90. The van der Waals surface area contributed by atoms with E-state index in [1.54, 1.807) is 6.20 Å². The molecule has 0 atom stereocenters. The molecule has 1 aromatic rings. The predicted octanol–water partition coefficient (Wildman–Crippen LogP) is 0.699. The van der Waals surface area contributed by atoms with Crippen molar-refractivity contribution in [3.8, 4) is 0 Å². The van der Waals surface area contributed by atoms with E-state index >= 15 is 0 Å². The molecule has 9 heavy (non-hydrogen) atoms. The van der Waals surface area contributed by atoms with Gasteiger partial charge in [0.2, 0.25) is 0 Å². The zero-order valence-corrected chi connectivity index (χ0v) is 4.97. The molecule has 0 aliphatic carbocycles. The smallest absolute Gasteiger partial charge is 0.0476 e. The number of nitrogens with one attached hydrogen (secondary N) is 4. The SMILES string of the molecule is Cc1c[nH]n(N=N)[nH][nH]1. The van der Waals surface area contributed by atoms with E-state index in [1.165, 1.54) is 0 Å². The van der Waals surface area contributed by atoms with E-state index in [0.29, 0.717) is 0 Å². The number of aryl methyl sites for hydroxylation is 1. The third-order valence-corrected chi connectivity index (χ3v) is 0.862. The summed E-state index contributed by atoms with van der Waals surface area (Å²) < 4.78 is 0. The van der Waals surface area contributed by atoms with Gasteiger partial charge in [0.1, 0.15) is 0 Å². The number of nitrogens with zero attached hydrogens (tertiary/aromatic N) is 2. The van der Waals surface area contributed by atoms with E-state index in [-0.39, 0.29) is 0 Å². The van der Waals surface area contributed by atoms with Crippen LogP contribution in [0.2, 0.25) is 0 Å². The predicted molar refractivity (Wildman–Crippen MR) is 30.4 cm³/mol. The van der Waals surface area contributed by atoms with Crippen molar-refractivity contribution in [2.24, 2.45) is 5.22 Å².